The lowest BCUT2D eigenvalue weighted by Gasteiger charge is -2.37. The number of hydrogen-bond donors (Lipinski definition) is 1. The molecular formula is C16H24N2O2. The van der Waals surface area contributed by atoms with Crippen LogP contribution in [0.25, 0.3) is 0 Å². The van der Waals surface area contributed by atoms with Crippen LogP contribution in [0.3, 0.4) is 0 Å². The van der Waals surface area contributed by atoms with Crippen molar-refractivity contribution in [3.63, 3.8) is 0 Å². The van der Waals surface area contributed by atoms with Crippen LogP contribution in [0.15, 0.2) is 18.2 Å². The van der Waals surface area contributed by atoms with Gasteiger partial charge < -0.3 is 19.7 Å². The molecule has 1 fully saturated rings. The van der Waals surface area contributed by atoms with E-state index in [0.29, 0.717) is 12.8 Å². The maximum atomic E-state index is 5.49. The predicted octanol–water partition coefficient (Wildman–Crippen LogP) is 2.55. The highest BCUT2D eigenvalue weighted by atomic mass is 16.7. The van der Waals surface area contributed by atoms with Gasteiger partial charge in [-0.2, -0.15) is 0 Å². The molecule has 4 nitrogen and oxygen atoms in total. The van der Waals surface area contributed by atoms with Crippen LogP contribution in [0.4, 0.5) is 0 Å². The van der Waals surface area contributed by atoms with Gasteiger partial charge in [0.15, 0.2) is 11.5 Å². The minimum atomic E-state index is 0.340. The maximum absolute atomic E-state index is 5.49. The topological polar surface area (TPSA) is 33.7 Å². The third kappa shape index (κ3) is 2.76. The molecule has 1 aliphatic heterocycles. The van der Waals surface area contributed by atoms with E-state index in [1.807, 2.05) is 6.07 Å². The van der Waals surface area contributed by atoms with Crippen LogP contribution in [-0.4, -0.2) is 37.9 Å². The van der Waals surface area contributed by atoms with Crippen molar-refractivity contribution in [2.45, 2.75) is 38.3 Å². The Balaban J connectivity index is 1.72. The first-order valence-corrected chi connectivity index (χ1v) is 7.61. The van der Waals surface area contributed by atoms with Gasteiger partial charge in [0, 0.05) is 18.6 Å². The highest BCUT2D eigenvalue weighted by Gasteiger charge is 2.25. The van der Waals surface area contributed by atoms with Crippen LogP contribution in [0.5, 0.6) is 11.5 Å². The van der Waals surface area contributed by atoms with E-state index < -0.39 is 0 Å². The summed E-state index contributed by atoms with van der Waals surface area (Å²) in [7, 11) is 2.24. The summed E-state index contributed by atoms with van der Waals surface area (Å²) in [5, 5.41) is 3.59. The molecule has 1 heterocycles. The summed E-state index contributed by atoms with van der Waals surface area (Å²) in [6, 6.07) is 7.40. The lowest BCUT2D eigenvalue weighted by atomic mass is 9.91. The van der Waals surface area contributed by atoms with Gasteiger partial charge >= 0.3 is 0 Å². The van der Waals surface area contributed by atoms with E-state index in [1.165, 1.54) is 24.8 Å². The van der Waals surface area contributed by atoms with Crippen molar-refractivity contribution in [3.05, 3.63) is 23.8 Å². The largest absolute Gasteiger partial charge is 0.454 e. The van der Waals surface area contributed by atoms with Gasteiger partial charge in [-0.25, -0.2) is 0 Å². The van der Waals surface area contributed by atoms with Crippen molar-refractivity contribution in [1.82, 2.24) is 10.2 Å². The molecule has 1 unspecified atom stereocenters. The Morgan fingerprint density at radius 2 is 2.10 bits per heavy atom. The summed E-state index contributed by atoms with van der Waals surface area (Å²) in [6.07, 6.45) is 4.07. The van der Waals surface area contributed by atoms with Crippen LogP contribution in [-0.2, 0) is 0 Å². The van der Waals surface area contributed by atoms with Gasteiger partial charge in [-0.1, -0.05) is 19.4 Å². The Morgan fingerprint density at radius 1 is 1.30 bits per heavy atom. The lowest BCUT2D eigenvalue weighted by molar-refractivity contribution is 0.145. The van der Waals surface area contributed by atoms with Gasteiger partial charge in [-0.3, -0.25) is 0 Å². The van der Waals surface area contributed by atoms with Crippen LogP contribution < -0.4 is 14.8 Å². The number of likely N-dealkylation sites (N-methyl/N-ethyl adjacent to an activating group) is 2. The molecule has 0 bridgehead atoms. The highest BCUT2D eigenvalue weighted by Crippen LogP contribution is 2.34. The summed E-state index contributed by atoms with van der Waals surface area (Å²) in [6.45, 7) is 4.51. The Bertz CT molecular complexity index is 460. The molecule has 1 atom stereocenters. The monoisotopic (exact) mass is 276 g/mol. The highest BCUT2D eigenvalue weighted by molar-refractivity contribution is 5.45. The second kappa shape index (κ2) is 6.02. The average Bonchev–Trinajstić information content (AvgIpc) is 2.83. The van der Waals surface area contributed by atoms with Gasteiger partial charge in [0.2, 0.25) is 6.79 Å². The van der Waals surface area contributed by atoms with Crippen LogP contribution in [0.2, 0.25) is 0 Å². The SMILES string of the molecule is CCNC(CN(C)C1CCC1)c1ccc2c(c1)OCO2. The third-order valence-corrected chi connectivity index (χ3v) is 4.42. The molecule has 4 heteroatoms. The minimum absolute atomic E-state index is 0.340. The number of benzene rings is 1. The first-order chi connectivity index (χ1) is 9.78. The second-order valence-corrected chi connectivity index (χ2v) is 5.75. The lowest BCUT2D eigenvalue weighted by Crippen LogP contribution is -2.42. The van der Waals surface area contributed by atoms with Crippen molar-refractivity contribution >= 4 is 0 Å². The fourth-order valence-electron chi connectivity index (χ4n) is 2.93. The molecule has 20 heavy (non-hydrogen) atoms. The molecule has 1 N–H and O–H groups in total. The number of ether oxygens (including phenoxy) is 2. The summed E-state index contributed by atoms with van der Waals surface area (Å²) in [4.78, 5) is 2.49. The molecule has 0 aromatic heterocycles. The molecule has 0 saturated heterocycles. The minimum Gasteiger partial charge on any atom is -0.454 e. The first kappa shape index (κ1) is 13.7. The van der Waals surface area contributed by atoms with E-state index in [1.54, 1.807) is 0 Å². The van der Waals surface area contributed by atoms with Gasteiger partial charge in [0.05, 0.1) is 0 Å². The van der Waals surface area contributed by atoms with Crippen molar-refractivity contribution in [3.8, 4) is 11.5 Å². The summed E-state index contributed by atoms with van der Waals surface area (Å²) in [5.41, 5.74) is 1.28. The van der Waals surface area contributed by atoms with E-state index >= 15 is 0 Å². The summed E-state index contributed by atoms with van der Waals surface area (Å²) < 4.78 is 10.9. The Kier molecular flexibility index (Phi) is 4.13. The molecule has 0 radical (unpaired) electrons. The molecule has 1 aliphatic carbocycles. The number of rotatable bonds is 6. The second-order valence-electron chi connectivity index (χ2n) is 5.75. The molecule has 1 aromatic carbocycles. The van der Waals surface area contributed by atoms with Gasteiger partial charge in [-0.05, 0) is 44.1 Å². The Morgan fingerprint density at radius 3 is 2.80 bits per heavy atom. The molecular weight excluding hydrogens is 252 g/mol. The van der Waals surface area contributed by atoms with Crippen LogP contribution in [0.1, 0.15) is 37.8 Å². The van der Waals surface area contributed by atoms with Crippen molar-refractivity contribution in [1.29, 1.82) is 0 Å². The molecule has 3 rings (SSSR count). The zero-order chi connectivity index (χ0) is 13.9. The first-order valence-electron chi connectivity index (χ1n) is 7.61. The standard InChI is InChI=1S/C16H24N2O2/c1-3-17-14(10-18(2)13-5-4-6-13)12-7-8-15-16(9-12)20-11-19-15/h7-9,13-14,17H,3-6,10-11H2,1-2H3. The quantitative estimate of drug-likeness (QED) is 0.866. The molecule has 1 saturated carbocycles. The molecule has 0 spiro atoms. The van der Waals surface area contributed by atoms with Crippen molar-refractivity contribution in [2.24, 2.45) is 0 Å². The Labute approximate surface area is 121 Å². The third-order valence-electron chi connectivity index (χ3n) is 4.42. The number of fused-ring (bicyclic) bond motifs is 1. The fraction of sp³-hybridized carbons (Fsp3) is 0.625. The molecule has 110 valence electrons. The van der Waals surface area contributed by atoms with Gasteiger partial charge in [0.25, 0.3) is 0 Å². The average molecular weight is 276 g/mol. The zero-order valence-electron chi connectivity index (χ0n) is 12.4. The number of nitrogens with zero attached hydrogens (tertiary/aromatic N) is 1. The van der Waals surface area contributed by atoms with Crippen LogP contribution in [0, 0.1) is 0 Å². The predicted molar refractivity (Wildman–Crippen MR) is 79.3 cm³/mol. The molecule has 0 amide bonds. The van der Waals surface area contributed by atoms with Gasteiger partial charge in [0.1, 0.15) is 0 Å². The van der Waals surface area contributed by atoms with E-state index in [0.717, 1.165) is 30.6 Å². The van der Waals surface area contributed by atoms with E-state index in [2.05, 4.69) is 36.3 Å². The van der Waals surface area contributed by atoms with E-state index in [-0.39, 0.29) is 0 Å². The normalized spacial score (nSPS) is 19.1. The van der Waals surface area contributed by atoms with E-state index in [9.17, 15) is 0 Å². The van der Waals surface area contributed by atoms with Gasteiger partial charge in [-0.15, -0.1) is 0 Å². The van der Waals surface area contributed by atoms with Crippen molar-refractivity contribution in [2.75, 3.05) is 26.9 Å². The fourth-order valence-corrected chi connectivity index (χ4v) is 2.93. The zero-order valence-corrected chi connectivity index (χ0v) is 12.4. The van der Waals surface area contributed by atoms with Crippen LogP contribution >= 0.6 is 0 Å². The smallest absolute Gasteiger partial charge is 0.231 e. The van der Waals surface area contributed by atoms with Crippen molar-refractivity contribution < 1.29 is 9.47 Å². The number of hydrogen-bond acceptors (Lipinski definition) is 4. The number of nitrogens with one attached hydrogen (secondary N) is 1. The Hall–Kier alpha value is -1.26. The molecule has 2 aliphatic rings. The van der Waals surface area contributed by atoms with E-state index in [4.69, 9.17) is 9.47 Å². The molecule has 1 aromatic rings. The summed E-state index contributed by atoms with van der Waals surface area (Å²) in [5.74, 6) is 1.73. The summed E-state index contributed by atoms with van der Waals surface area (Å²) >= 11 is 0. The maximum Gasteiger partial charge on any atom is 0.231 e.